The number of carbonyl (C=O) groups excluding carboxylic acids is 2. The first-order valence-corrected chi connectivity index (χ1v) is 4.42. The minimum Gasteiger partial charge on any atom is -0.338 e. The molecule has 1 aliphatic heterocycles. The van der Waals surface area contributed by atoms with Crippen molar-refractivity contribution in [2.45, 2.75) is 13.3 Å². The molecule has 5 nitrogen and oxygen atoms in total. The van der Waals surface area contributed by atoms with Gasteiger partial charge in [-0.3, -0.25) is 9.69 Å². The molecule has 1 saturated heterocycles. The number of nitrogens with zero attached hydrogens (tertiary/aromatic N) is 2. The Kier molecular flexibility index (Phi) is 3.11. The fourth-order valence-corrected chi connectivity index (χ4v) is 1.15. The number of likely N-dealkylation sites (N-methyl/N-ethyl adjacent to an activating group) is 1. The molecule has 0 aromatic carbocycles. The average molecular weight is 185 g/mol. The van der Waals surface area contributed by atoms with Gasteiger partial charge in [0.2, 0.25) is 5.91 Å². The molecule has 74 valence electrons. The Bertz CT molecular complexity index is 217. The molecule has 1 rings (SSSR count). The normalized spacial score (nSPS) is 16.6. The van der Waals surface area contributed by atoms with Crippen molar-refractivity contribution in [2.24, 2.45) is 0 Å². The summed E-state index contributed by atoms with van der Waals surface area (Å²) in [4.78, 5) is 25.4. The van der Waals surface area contributed by atoms with Crippen LogP contribution in [0.4, 0.5) is 4.79 Å². The predicted molar refractivity (Wildman–Crippen MR) is 48.0 cm³/mol. The highest BCUT2D eigenvalue weighted by Crippen LogP contribution is 2.03. The van der Waals surface area contributed by atoms with Gasteiger partial charge in [0.25, 0.3) is 0 Å². The molecule has 0 aliphatic carbocycles. The van der Waals surface area contributed by atoms with Gasteiger partial charge in [0, 0.05) is 13.6 Å². The summed E-state index contributed by atoms with van der Waals surface area (Å²) in [6.07, 6.45) is 0.906. The molecular formula is C8H15N3O2. The van der Waals surface area contributed by atoms with Crippen molar-refractivity contribution in [3.05, 3.63) is 0 Å². The minimum atomic E-state index is -0.153. The van der Waals surface area contributed by atoms with Crippen molar-refractivity contribution in [1.29, 1.82) is 0 Å². The Hall–Kier alpha value is -1.26. The van der Waals surface area contributed by atoms with E-state index < -0.39 is 0 Å². The monoisotopic (exact) mass is 185 g/mol. The van der Waals surface area contributed by atoms with Gasteiger partial charge in [0.15, 0.2) is 0 Å². The molecule has 1 fully saturated rings. The van der Waals surface area contributed by atoms with Crippen LogP contribution in [0.5, 0.6) is 0 Å². The second kappa shape index (κ2) is 4.11. The second-order valence-electron chi connectivity index (χ2n) is 3.16. The van der Waals surface area contributed by atoms with E-state index >= 15 is 0 Å². The standard InChI is InChI=1S/C8H15N3O2/c1-3-4-9-8(13)11-5-7(12)10(2)6-11/h3-6H2,1-2H3,(H,9,13). The molecule has 0 aromatic heterocycles. The third-order valence-corrected chi connectivity index (χ3v) is 1.95. The zero-order chi connectivity index (χ0) is 9.84. The molecule has 1 heterocycles. The largest absolute Gasteiger partial charge is 0.338 e. The van der Waals surface area contributed by atoms with Crippen LogP contribution in [-0.2, 0) is 4.79 Å². The summed E-state index contributed by atoms with van der Waals surface area (Å²) in [5, 5.41) is 2.72. The number of amides is 3. The van der Waals surface area contributed by atoms with E-state index in [2.05, 4.69) is 5.32 Å². The number of rotatable bonds is 2. The Morgan fingerprint density at radius 3 is 2.77 bits per heavy atom. The van der Waals surface area contributed by atoms with E-state index in [1.807, 2.05) is 6.92 Å². The van der Waals surface area contributed by atoms with Crippen LogP contribution in [0.3, 0.4) is 0 Å². The van der Waals surface area contributed by atoms with Crippen LogP contribution >= 0.6 is 0 Å². The second-order valence-corrected chi connectivity index (χ2v) is 3.16. The molecule has 3 amide bonds. The average Bonchev–Trinajstić information content (AvgIpc) is 2.43. The highest BCUT2D eigenvalue weighted by Gasteiger charge is 2.27. The number of urea groups is 1. The Morgan fingerprint density at radius 2 is 2.31 bits per heavy atom. The quantitative estimate of drug-likeness (QED) is 0.649. The molecule has 0 spiro atoms. The van der Waals surface area contributed by atoms with Crippen LogP contribution in [0.25, 0.3) is 0 Å². The van der Waals surface area contributed by atoms with Crippen LogP contribution < -0.4 is 5.32 Å². The van der Waals surface area contributed by atoms with Crippen molar-refractivity contribution < 1.29 is 9.59 Å². The van der Waals surface area contributed by atoms with Crippen molar-refractivity contribution in [3.8, 4) is 0 Å². The first kappa shape index (κ1) is 9.83. The fraction of sp³-hybridized carbons (Fsp3) is 0.750. The number of hydrogen-bond acceptors (Lipinski definition) is 2. The number of nitrogens with one attached hydrogen (secondary N) is 1. The summed E-state index contributed by atoms with van der Waals surface area (Å²) in [6.45, 7) is 3.25. The van der Waals surface area contributed by atoms with Crippen LogP contribution in [-0.4, -0.2) is 48.5 Å². The number of carbonyl (C=O) groups is 2. The molecule has 1 N–H and O–H groups in total. The van der Waals surface area contributed by atoms with Gasteiger partial charge in [0.05, 0.1) is 6.67 Å². The van der Waals surface area contributed by atoms with E-state index in [4.69, 9.17) is 0 Å². The van der Waals surface area contributed by atoms with E-state index in [0.29, 0.717) is 13.2 Å². The van der Waals surface area contributed by atoms with E-state index in [0.717, 1.165) is 6.42 Å². The van der Waals surface area contributed by atoms with Crippen LogP contribution in [0, 0.1) is 0 Å². The molecule has 0 unspecified atom stereocenters. The summed E-state index contributed by atoms with van der Waals surface area (Å²) >= 11 is 0. The number of hydrogen-bond donors (Lipinski definition) is 1. The highest BCUT2D eigenvalue weighted by atomic mass is 16.2. The highest BCUT2D eigenvalue weighted by molar-refractivity contribution is 5.86. The molecule has 0 atom stereocenters. The van der Waals surface area contributed by atoms with Crippen LogP contribution in [0.2, 0.25) is 0 Å². The molecule has 0 saturated carbocycles. The van der Waals surface area contributed by atoms with Gasteiger partial charge in [-0.2, -0.15) is 0 Å². The Balaban J connectivity index is 2.37. The van der Waals surface area contributed by atoms with Gasteiger partial charge in [0.1, 0.15) is 6.54 Å². The summed E-state index contributed by atoms with van der Waals surface area (Å²) < 4.78 is 0. The molecule has 5 heteroatoms. The maximum absolute atomic E-state index is 11.3. The lowest BCUT2D eigenvalue weighted by Gasteiger charge is -2.15. The third kappa shape index (κ3) is 2.34. The van der Waals surface area contributed by atoms with Gasteiger partial charge >= 0.3 is 6.03 Å². The first-order chi connectivity index (χ1) is 6.15. The molecule has 0 bridgehead atoms. The fourth-order valence-electron chi connectivity index (χ4n) is 1.15. The van der Waals surface area contributed by atoms with Crippen molar-refractivity contribution >= 4 is 11.9 Å². The minimum absolute atomic E-state index is 0.00773. The Morgan fingerprint density at radius 1 is 1.62 bits per heavy atom. The van der Waals surface area contributed by atoms with Gasteiger partial charge in [-0.15, -0.1) is 0 Å². The lowest BCUT2D eigenvalue weighted by atomic mass is 10.5. The van der Waals surface area contributed by atoms with Crippen LogP contribution in [0.1, 0.15) is 13.3 Å². The van der Waals surface area contributed by atoms with Crippen LogP contribution in [0.15, 0.2) is 0 Å². The smallest absolute Gasteiger partial charge is 0.319 e. The van der Waals surface area contributed by atoms with Crippen molar-refractivity contribution in [1.82, 2.24) is 15.1 Å². The molecule has 1 aliphatic rings. The van der Waals surface area contributed by atoms with Gasteiger partial charge in [-0.05, 0) is 6.42 Å². The predicted octanol–water partition coefficient (Wildman–Crippen LogP) is -0.163. The molecule has 0 radical (unpaired) electrons. The molecular weight excluding hydrogens is 170 g/mol. The molecule has 0 aromatic rings. The van der Waals surface area contributed by atoms with Gasteiger partial charge in [-0.25, -0.2) is 4.79 Å². The summed E-state index contributed by atoms with van der Waals surface area (Å²) in [5.41, 5.74) is 0. The van der Waals surface area contributed by atoms with Gasteiger partial charge < -0.3 is 10.2 Å². The van der Waals surface area contributed by atoms with Crippen molar-refractivity contribution in [2.75, 3.05) is 26.8 Å². The summed E-state index contributed by atoms with van der Waals surface area (Å²) in [7, 11) is 1.69. The zero-order valence-electron chi connectivity index (χ0n) is 8.04. The Labute approximate surface area is 77.7 Å². The topological polar surface area (TPSA) is 52.7 Å². The summed E-state index contributed by atoms with van der Waals surface area (Å²) in [6, 6.07) is -0.153. The van der Waals surface area contributed by atoms with E-state index in [-0.39, 0.29) is 18.5 Å². The maximum Gasteiger partial charge on any atom is 0.319 e. The molecule has 13 heavy (non-hydrogen) atoms. The SMILES string of the molecule is CCCNC(=O)N1CC(=O)N(C)C1. The zero-order valence-corrected chi connectivity index (χ0v) is 8.04. The first-order valence-electron chi connectivity index (χ1n) is 4.42. The van der Waals surface area contributed by atoms with E-state index in [1.165, 1.54) is 9.80 Å². The third-order valence-electron chi connectivity index (χ3n) is 1.95. The van der Waals surface area contributed by atoms with E-state index in [1.54, 1.807) is 7.05 Å². The van der Waals surface area contributed by atoms with E-state index in [9.17, 15) is 9.59 Å². The maximum atomic E-state index is 11.3. The van der Waals surface area contributed by atoms with Gasteiger partial charge in [-0.1, -0.05) is 6.92 Å². The lowest BCUT2D eigenvalue weighted by Crippen LogP contribution is -2.39. The van der Waals surface area contributed by atoms with Crippen molar-refractivity contribution in [3.63, 3.8) is 0 Å². The lowest BCUT2D eigenvalue weighted by molar-refractivity contribution is -0.125. The summed E-state index contributed by atoms with van der Waals surface area (Å²) in [5.74, 6) is -0.00773.